The summed E-state index contributed by atoms with van der Waals surface area (Å²) in [5.41, 5.74) is 1.67. The van der Waals surface area contributed by atoms with Crippen LogP contribution in [0.25, 0.3) is 21.9 Å². The standard InChI is InChI=1S/C21H17Cl3N4O/c22-17-8-13-2-4-15(9-18(13)27-20(17)24)29-10-12-1-3-14(7-12)28-6-5-16-19(23)25-11-26-21(16)28/h2,4-6,8-9,11-12,14H,1,3,7,10H2. The number of hydrogen-bond donors (Lipinski definition) is 0. The van der Waals surface area contributed by atoms with Gasteiger partial charge >= 0.3 is 0 Å². The van der Waals surface area contributed by atoms with Crippen molar-refractivity contribution < 1.29 is 4.74 Å². The molecule has 148 valence electrons. The number of benzene rings is 1. The van der Waals surface area contributed by atoms with E-state index >= 15 is 0 Å². The van der Waals surface area contributed by atoms with E-state index in [2.05, 4.69) is 25.7 Å². The number of pyridine rings is 1. The van der Waals surface area contributed by atoms with Gasteiger partial charge in [0.25, 0.3) is 0 Å². The van der Waals surface area contributed by atoms with Crippen molar-refractivity contribution in [2.45, 2.75) is 25.3 Å². The van der Waals surface area contributed by atoms with Gasteiger partial charge in [-0.15, -0.1) is 0 Å². The molecular formula is C21H17Cl3N4O. The Morgan fingerprint density at radius 1 is 1.03 bits per heavy atom. The van der Waals surface area contributed by atoms with Crippen molar-refractivity contribution in [2.24, 2.45) is 5.92 Å². The first-order chi connectivity index (χ1) is 14.1. The normalized spacial score (nSPS) is 19.3. The van der Waals surface area contributed by atoms with Crippen molar-refractivity contribution >= 4 is 56.7 Å². The highest BCUT2D eigenvalue weighted by Gasteiger charge is 2.27. The first-order valence-electron chi connectivity index (χ1n) is 9.44. The Balaban J connectivity index is 1.27. The Bertz CT molecular complexity index is 1210. The molecule has 1 aliphatic rings. The largest absolute Gasteiger partial charge is 0.493 e. The van der Waals surface area contributed by atoms with Gasteiger partial charge in [0.2, 0.25) is 0 Å². The topological polar surface area (TPSA) is 52.8 Å². The molecular weight excluding hydrogens is 431 g/mol. The summed E-state index contributed by atoms with van der Waals surface area (Å²) in [5.74, 6) is 1.27. The van der Waals surface area contributed by atoms with E-state index in [4.69, 9.17) is 39.5 Å². The summed E-state index contributed by atoms with van der Waals surface area (Å²) < 4.78 is 8.29. The van der Waals surface area contributed by atoms with Crippen LogP contribution in [0.15, 0.2) is 42.9 Å². The Kier molecular flexibility index (Phi) is 4.98. The quantitative estimate of drug-likeness (QED) is 0.270. The Morgan fingerprint density at radius 2 is 1.93 bits per heavy atom. The van der Waals surface area contributed by atoms with Crippen molar-refractivity contribution in [3.8, 4) is 5.75 Å². The number of rotatable bonds is 4. The minimum absolute atomic E-state index is 0.304. The second-order valence-corrected chi connectivity index (χ2v) is 8.51. The molecule has 0 aliphatic heterocycles. The molecule has 29 heavy (non-hydrogen) atoms. The van der Waals surface area contributed by atoms with Crippen LogP contribution < -0.4 is 4.74 Å². The summed E-state index contributed by atoms with van der Waals surface area (Å²) in [7, 11) is 0. The van der Waals surface area contributed by atoms with Crippen molar-refractivity contribution in [3.63, 3.8) is 0 Å². The number of aromatic nitrogens is 4. The van der Waals surface area contributed by atoms with E-state index in [9.17, 15) is 0 Å². The minimum atomic E-state index is 0.304. The summed E-state index contributed by atoms with van der Waals surface area (Å²) in [6.07, 6.45) is 6.81. The zero-order valence-electron chi connectivity index (χ0n) is 15.4. The Labute approximate surface area is 182 Å². The number of hydrogen-bond acceptors (Lipinski definition) is 4. The van der Waals surface area contributed by atoms with Crippen LogP contribution >= 0.6 is 34.8 Å². The van der Waals surface area contributed by atoms with Gasteiger partial charge in [-0.05, 0) is 49.4 Å². The fraction of sp³-hybridized carbons (Fsp3) is 0.286. The highest BCUT2D eigenvalue weighted by atomic mass is 35.5. The predicted octanol–water partition coefficient (Wildman–Crippen LogP) is 6.36. The van der Waals surface area contributed by atoms with Gasteiger partial charge in [0, 0.05) is 23.7 Å². The van der Waals surface area contributed by atoms with Crippen molar-refractivity contribution in [2.75, 3.05) is 6.61 Å². The average Bonchev–Trinajstić information content (AvgIpc) is 3.35. The molecule has 0 N–H and O–H groups in total. The second-order valence-electron chi connectivity index (χ2n) is 7.38. The maximum absolute atomic E-state index is 6.18. The summed E-state index contributed by atoms with van der Waals surface area (Å²) in [4.78, 5) is 12.8. The van der Waals surface area contributed by atoms with E-state index in [1.807, 2.05) is 30.3 Å². The molecule has 0 radical (unpaired) electrons. The first-order valence-corrected chi connectivity index (χ1v) is 10.6. The zero-order chi connectivity index (χ0) is 20.0. The summed E-state index contributed by atoms with van der Waals surface area (Å²) in [6, 6.07) is 10.00. The van der Waals surface area contributed by atoms with Crippen LogP contribution in [0.5, 0.6) is 5.75 Å². The van der Waals surface area contributed by atoms with Gasteiger partial charge in [0.15, 0.2) is 0 Å². The average molecular weight is 448 g/mol. The smallest absolute Gasteiger partial charge is 0.148 e. The lowest BCUT2D eigenvalue weighted by molar-refractivity contribution is 0.248. The molecule has 8 heteroatoms. The molecule has 1 fully saturated rings. The lowest BCUT2D eigenvalue weighted by Gasteiger charge is -2.15. The lowest BCUT2D eigenvalue weighted by atomic mass is 10.1. The molecule has 3 aromatic heterocycles. The van der Waals surface area contributed by atoms with Gasteiger partial charge in [-0.25, -0.2) is 15.0 Å². The van der Waals surface area contributed by atoms with E-state index in [0.29, 0.717) is 33.9 Å². The van der Waals surface area contributed by atoms with Crippen LogP contribution in [0.4, 0.5) is 0 Å². The highest BCUT2D eigenvalue weighted by Crippen LogP contribution is 2.37. The Hall–Kier alpha value is -2.08. The van der Waals surface area contributed by atoms with Gasteiger partial charge in [0.05, 0.1) is 22.5 Å². The van der Waals surface area contributed by atoms with Crippen molar-refractivity contribution in [1.29, 1.82) is 0 Å². The Morgan fingerprint density at radius 3 is 2.83 bits per heavy atom. The number of nitrogens with zero attached hydrogens (tertiary/aromatic N) is 4. The third kappa shape index (κ3) is 3.63. The number of fused-ring (bicyclic) bond motifs is 2. The van der Waals surface area contributed by atoms with Gasteiger partial charge in [0.1, 0.15) is 28.0 Å². The molecule has 5 rings (SSSR count). The third-order valence-corrected chi connectivity index (χ3v) is 6.53. The fourth-order valence-corrected chi connectivity index (χ4v) is 4.59. The maximum Gasteiger partial charge on any atom is 0.148 e. The number of ether oxygens (including phenoxy) is 1. The molecule has 1 aliphatic carbocycles. The molecule has 0 bridgehead atoms. The molecule has 2 unspecified atom stereocenters. The molecule has 5 nitrogen and oxygen atoms in total. The van der Waals surface area contributed by atoms with Crippen molar-refractivity contribution in [1.82, 2.24) is 19.5 Å². The van der Waals surface area contributed by atoms with Crippen LogP contribution in [0, 0.1) is 5.92 Å². The van der Waals surface area contributed by atoms with E-state index in [1.54, 1.807) is 0 Å². The molecule has 0 spiro atoms. The molecule has 0 amide bonds. The maximum atomic E-state index is 6.18. The van der Waals surface area contributed by atoms with Crippen LogP contribution in [-0.4, -0.2) is 26.1 Å². The molecule has 3 heterocycles. The molecule has 4 aromatic rings. The zero-order valence-corrected chi connectivity index (χ0v) is 17.6. The molecule has 1 saturated carbocycles. The highest BCUT2D eigenvalue weighted by molar-refractivity contribution is 6.41. The minimum Gasteiger partial charge on any atom is -0.493 e. The SMILES string of the molecule is Clc1cc2ccc(OCC3CCC(n4ccc5c(Cl)ncnc54)C3)cc2nc1Cl. The number of halogens is 3. The fourth-order valence-electron chi connectivity index (χ4n) is 4.09. The van der Waals surface area contributed by atoms with Crippen molar-refractivity contribution in [3.05, 3.63) is 58.2 Å². The van der Waals surface area contributed by atoms with E-state index < -0.39 is 0 Å². The van der Waals surface area contributed by atoms with Crippen LogP contribution in [0.2, 0.25) is 15.3 Å². The molecule has 0 saturated heterocycles. The van der Waals surface area contributed by atoms with Gasteiger partial charge in [-0.1, -0.05) is 34.8 Å². The summed E-state index contributed by atoms with van der Waals surface area (Å²) >= 11 is 18.2. The van der Waals surface area contributed by atoms with Gasteiger partial charge in [-0.3, -0.25) is 0 Å². The van der Waals surface area contributed by atoms with E-state index in [0.717, 1.165) is 46.9 Å². The first kappa shape index (κ1) is 18.9. The van der Waals surface area contributed by atoms with Crippen LogP contribution in [0.3, 0.4) is 0 Å². The van der Waals surface area contributed by atoms with Gasteiger partial charge in [-0.2, -0.15) is 0 Å². The molecule has 2 atom stereocenters. The predicted molar refractivity (Wildman–Crippen MR) is 116 cm³/mol. The van der Waals surface area contributed by atoms with E-state index in [-0.39, 0.29) is 0 Å². The summed E-state index contributed by atoms with van der Waals surface area (Å²) in [5, 5.41) is 3.09. The second kappa shape index (κ2) is 7.63. The van der Waals surface area contributed by atoms with Crippen LogP contribution in [0.1, 0.15) is 25.3 Å². The monoisotopic (exact) mass is 446 g/mol. The van der Waals surface area contributed by atoms with Gasteiger partial charge < -0.3 is 9.30 Å². The lowest BCUT2D eigenvalue weighted by Crippen LogP contribution is -2.10. The van der Waals surface area contributed by atoms with E-state index in [1.165, 1.54) is 6.33 Å². The van der Waals surface area contributed by atoms with Crippen LogP contribution in [-0.2, 0) is 0 Å². The third-order valence-electron chi connectivity index (χ3n) is 5.55. The molecule has 1 aromatic carbocycles. The summed E-state index contributed by atoms with van der Waals surface area (Å²) in [6.45, 7) is 0.665.